The fourth-order valence-electron chi connectivity index (χ4n) is 1.97. The van der Waals surface area contributed by atoms with Gasteiger partial charge in [-0.3, -0.25) is 9.00 Å². The zero-order valence-corrected chi connectivity index (χ0v) is 11.7. The third-order valence-electron chi connectivity index (χ3n) is 3.03. The fourth-order valence-corrected chi connectivity index (χ4v) is 3.03. The first-order valence-electron chi connectivity index (χ1n) is 6.28. The predicted octanol–water partition coefficient (Wildman–Crippen LogP) is 0.446. The van der Waals surface area contributed by atoms with Crippen molar-refractivity contribution in [2.75, 3.05) is 25.4 Å². The maximum Gasteiger partial charge on any atom is 0.317 e. The molecular formula is C13H16N2O4S. The van der Waals surface area contributed by atoms with Gasteiger partial charge in [0.1, 0.15) is 0 Å². The maximum atomic E-state index is 12.1. The number of benzene rings is 1. The zero-order chi connectivity index (χ0) is 14.5. The minimum atomic E-state index is -1.18. The maximum absolute atomic E-state index is 12.1. The van der Waals surface area contributed by atoms with E-state index in [1.54, 1.807) is 29.2 Å². The van der Waals surface area contributed by atoms with E-state index in [0.717, 1.165) is 0 Å². The van der Waals surface area contributed by atoms with Gasteiger partial charge in [-0.15, -0.1) is 0 Å². The molecule has 0 aliphatic carbocycles. The SMILES string of the molecule is O=C(O)Cc1ccc(S(=O)CCN2CCNC2=O)cc1. The second kappa shape index (κ2) is 6.51. The van der Waals surface area contributed by atoms with Crippen LogP contribution < -0.4 is 5.32 Å². The summed E-state index contributed by atoms with van der Waals surface area (Å²) in [5.41, 5.74) is 0.678. The van der Waals surface area contributed by atoms with Crippen LogP contribution in [-0.4, -0.2) is 51.6 Å². The summed E-state index contributed by atoms with van der Waals surface area (Å²) in [5.74, 6) is -0.509. The molecule has 2 amide bonds. The van der Waals surface area contributed by atoms with Crippen molar-refractivity contribution >= 4 is 22.8 Å². The molecule has 1 heterocycles. The molecule has 20 heavy (non-hydrogen) atoms. The van der Waals surface area contributed by atoms with E-state index in [9.17, 15) is 13.8 Å². The average molecular weight is 296 g/mol. The van der Waals surface area contributed by atoms with Crippen LogP contribution in [0.15, 0.2) is 29.2 Å². The molecule has 0 radical (unpaired) electrons. The molecule has 7 heteroatoms. The monoisotopic (exact) mass is 296 g/mol. The predicted molar refractivity (Wildman–Crippen MR) is 74.0 cm³/mol. The molecule has 2 N–H and O–H groups in total. The molecule has 1 saturated heterocycles. The van der Waals surface area contributed by atoms with Gasteiger partial charge >= 0.3 is 12.0 Å². The smallest absolute Gasteiger partial charge is 0.317 e. The standard InChI is InChI=1S/C13H16N2O4S/c16-12(17)9-10-1-3-11(4-2-10)20(19)8-7-15-6-5-14-13(15)18/h1-4H,5-9H2,(H,14,18)(H,16,17). The van der Waals surface area contributed by atoms with Gasteiger partial charge in [0.2, 0.25) is 0 Å². The summed E-state index contributed by atoms with van der Waals surface area (Å²) in [7, 11) is -1.18. The van der Waals surface area contributed by atoms with Crippen molar-refractivity contribution < 1.29 is 18.9 Å². The molecule has 1 fully saturated rings. The number of hydrogen-bond acceptors (Lipinski definition) is 3. The summed E-state index contributed by atoms with van der Waals surface area (Å²) < 4.78 is 12.1. The van der Waals surface area contributed by atoms with Crippen LogP contribution in [0.25, 0.3) is 0 Å². The summed E-state index contributed by atoms with van der Waals surface area (Å²) in [6.45, 7) is 1.73. The highest BCUT2D eigenvalue weighted by atomic mass is 32.2. The van der Waals surface area contributed by atoms with E-state index in [-0.39, 0.29) is 12.5 Å². The van der Waals surface area contributed by atoms with Crippen molar-refractivity contribution in [3.05, 3.63) is 29.8 Å². The van der Waals surface area contributed by atoms with Gasteiger partial charge in [0.15, 0.2) is 0 Å². The molecule has 0 saturated carbocycles. The molecule has 0 aromatic heterocycles. The van der Waals surface area contributed by atoms with E-state index < -0.39 is 16.8 Å². The highest BCUT2D eigenvalue weighted by molar-refractivity contribution is 7.85. The molecule has 1 aromatic carbocycles. The number of carbonyl (C=O) groups is 2. The lowest BCUT2D eigenvalue weighted by Crippen LogP contribution is -2.31. The Hall–Kier alpha value is -1.89. The number of hydrogen-bond donors (Lipinski definition) is 2. The quantitative estimate of drug-likeness (QED) is 0.798. The third-order valence-corrected chi connectivity index (χ3v) is 4.38. The first kappa shape index (κ1) is 14.5. The molecule has 1 aromatic rings. The number of urea groups is 1. The van der Waals surface area contributed by atoms with Crippen LogP contribution in [-0.2, 0) is 22.0 Å². The third kappa shape index (κ3) is 3.80. The molecule has 1 aliphatic rings. The number of carboxylic acid groups (broad SMARTS) is 1. The van der Waals surface area contributed by atoms with E-state index in [4.69, 9.17) is 5.11 Å². The number of nitrogens with one attached hydrogen (secondary N) is 1. The van der Waals surface area contributed by atoms with Gasteiger partial charge in [-0.25, -0.2) is 4.79 Å². The highest BCUT2D eigenvalue weighted by Crippen LogP contribution is 2.10. The van der Waals surface area contributed by atoms with Crippen LogP contribution in [0.5, 0.6) is 0 Å². The second-order valence-electron chi connectivity index (χ2n) is 4.48. The summed E-state index contributed by atoms with van der Waals surface area (Å²) in [6, 6.07) is 6.59. The average Bonchev–Trinajstić information content (AvgIpc) is 2.82. The van der Waals surface area contributed by atoms with Gasteiger partial charge in [-0.05, 0) is 17.7 Å². The largest absolute Gasteiger partial charge is 0.481 e. The highest BCUT2D eigenvalue weighted by Gasteiger charge is 2.19. The molecule has 0 spiro atoms. The molecule has 6 nitrogen and oxygen atoms in total. The summed E-state index contributed by atoms with van der Waals surface area (Å²) in [4.78, 5) is 24.2. The Labute approximate surface area is 119 Å². The number of nitrogens with zero attached hydrogens (tertiary/aromatic N) is 1. The van der Waals surface area contributed by atoms with Crippen LogP contribution in [0.3, 0.4) is 0 Å². The minimum absolute atomic E-state index is 0.0408. The van der Waals surface area contributed by atoms with E-state index in [2.05, 4.69) is 5.32 Å². The summed E-state index contributed by atoms with van der Waals surface area (Å²) in [6.07, 6.45) is -0.0408. The van der Waals surface area contributed by atoms with E-state index in [0.29, 0.717) is 35.8 Å². The summed E-state index contributed by atoms with van der Waals surface area (Å²) in [5, 5.41) is 11.4. The van der Waals surface area contributed by atoms with Crippen molar-refractivity contribution in [2.24, 2.45) is 0 Å². The van der Waals surface area contributed by atoms with Crippen molar-refractivity contribution in [1.82, 2.24) is 10.2 Å². The van der Waals surface area contributed by atoms with Crippen molar-refractivity contribution in [3.8, 4) is 0 Å². The number of amides is 2. The number of rotatable bonds is 6. The molecule has 1 aliphatic heterocycles. The molecule has 2 rings (SSSR count). The first-order chi connectivity index (χ1) is 9.56. The lowest BCUT2D eigenvalue weighted by Gasteiger charge is -2.13. The Morgan fingerprint density at radius 1 is 1.35 bits per heavy atom. The lowest BCUT2D eigenvalue weighted by molar-refractivity contribution is -0.136. The topological polar surface area (TPSA) is 86.7 Å². The number of aliphatic carboxylic acids is 1. The van der Waals surface area contributed by atoms with Gasteiger partial charge in [0.05, 0.1) is 17.2 Å². The van der Waals surface area contributed by atoms with Gasteiger partial charge in [-0.2, -0.15) is 0 Å². The Kier molecular flexibility index (Phi) is 4.73. The number of carbonyl (C=O) groups excluding carboxylic acids is 1. The van der Waals surface area contributed by atoms with Gasteiger partial charge in [0.25, 0.3) is 0 Å². The van der Waals surface area contributed by atoms with Crippen molar-refractivity contribution in [1.29, 1.82) is 0 Å². The number of carboxylic acids is 1. The Bertz CT molecular complexity index is 530. The molecule has 108 valence electrons. The molecule has 0 bridgehead atoms. The van der Waals surface area contributed by atoms with Gasteiger partial charge in [-0.1, -0.05) is 12.1 Å². The molecular weight excluding hydrogens is 280 g/mol. The van der Waals surface area contributed by atoms with Crippen molar-refractivity contribution in [3.63, 3.8) is 0 Å². The van der Waals surface area contributed by atoms with Crippen LogP contribution in [0.4, 0.5) is 4.79 Å². The summed E-state index contributed by atoms with van der Waals surface area (Å²) >= 11 is 0. The second-order valence-corrected chi connectivity index (χ2v) is 6.05. The Balaban J connectivity index is 1.88. The Morgan fingerprint density at radius 2 is 2.05 bits per heavy atom. The van der Waals surface area contributed by atoms with E-state index >= 15 is 0 Å². The van der Waals surface area contributed by atoms with Gasteiger partial charge in [0, 0.05) is 30.3 Å². The first-order valence-corrected chi connectivity index (χ1v) is 7.60. The van der Waals surface area contributed by atoms with E-state index in [1.807, 2.05) is 0 Å². The molecule has 1 atom stereocenters. The normalized spacial score (nSPS) is 16.0. The zero-order valence-electron chi connectivity index (χ0n) is 10.9. The van der Waals surface area contributed by atoms with Crippen LogP contribution >= 0.6 is 0 Å². The molecule has 1 unspecified atom stereocenters. The van der Waals surface area contributed by atoms with Crippen molar-refractivity contribution in [2.45, 2.75) is 11.3 Å². The lowest BCUT2D eigenvalue weighted by atomic mass is 10.2. The van der Waals surface area contributed by atoms with Crippen LogP contribution in [0, 0.1) is 0 Å². The van der Waals surface area contributed by atoms with Crippen LogP contribution in [0.2, 0.25) is 0 Å². The van der Waals surface area contributed by atoms with Crippen LogP contribution in [0.1, 0.15) is 5.56 Å². The fraction of sp³-hybridized carbons (Fsp3) is 0.385. The van der Waals surface area contributed by atoms with E-state index in [1.165, 1.54) is 0 Å². The Morgan fingerprint density at radius 3 is 2.60 bits per heavy atom. The van der Waals surface area contributed by atoms with Gasteiger partial charge < -0.3 is 15.3 Å². The minimum Gasteiger partial charge on any atom is -0.481 e.